The monoisotopic (exact) mass is 446 g/mol. The van der Waals surface area contributed by atoms with Gasteiger partial charge in [0.25, 0.3) is 17.7 Å². The third-order valence-corrected chi connectivity index (χ3v) is 5.52. The van der Waals surface area contributed by atoms with Crippen molar-refractivity contribution in [2.45, 2.75) is 20.0 Å². The molecule has 2 aromatic carbocycles. The van der Waals surface area contributed by atoms with Crippen molar-refractivity contribution in [3.63, 3.8) is 0 Å². The Morgan fingerprint density at radius 3 is 2.48 bits per heavy atom. The van der Waals surface area contributed by atoms with E-state index in [1.54, 1.807) is 19.2 Å². The van der Waals surface area contributed by atoms with Crippen LogP contribution in [0.15, 0.2) is 65.3 Å². The fraction of sp³-hybridized carbons (Fsp3) is 0.200. The molecule has 4 rings (SSSR count). The Morgan fingerprint density at radius 2 is 1.76 bits per heavy atom. The van der Waals surface area contributed by atoms with Gasteiger partial charge in [-0.1, -0.05) is 24.3 Å². The normalized spacial score (nSPS) is 12.6. The third kappa shape index (κ3) is 4.55. The van der Waals surface area contributed by atoms with Crippen LogP contribution in [0, 0.1) is 6.92 Å². The van der Waals surface area contributed by atoms with Crippen LogP contribution in [0.3, 0.4) is 0 Å². The SMILES string of the molecule is Cc1ccccc1CN(C)C(=O)COC(=O)c1ccc2c(c1)C(=O)N(Cc1ccco1)C2=O. The number of nitrogens with zero attached hydrogens (tertiary/aromatic N) is 2. The van der Waals surface area contributed by atoms with Crippen LogP contribution in [0.25, 0.3) is 0 Å². The Hall–Kier alpha value is -4.20. The minimum absolute atomic E-state index is 0.000845. The van der Waals surface area contributed by atoms with Gasteiger partial charge in [0.05, 0.1) is 29.5 Å². The summed E-state index contributed by atoms with van der Waals surface area (Å²) < 4.78 is 10.4. The van der Waals surface area contributed by atoms with Gasteiger partial charge >= 0.3 is 5.97 Å². The molecule has 0 radical (unpaired) electrons. The Labute approximate surface area is 190 Å². The van der Waals surface area contributed by atoms with E-state index in [0.717, 1.165) is 16.0 Å². The van der Waals surface area contributed by atoms with Gasteiger partial charge in [-0.15, -0.1) is 0 Å². The molecule has 0 N–H and O–H groups in total. The zero-order valence-electron chi connectivity index (χ0n) is 18.2. The summed E-state index contributed by atoms with van der Waals surface area (Å²) in [5.41, 5.74) is 2.47. The smallest absolute Gasteiger partial charge is 0.338 e. The number of esters is 1. The molecule has 0 saturated heterocycles. The van der Waals surface area contributed by atoms with Gasteiger partial charge in [0.2, 0.25) is 0 Å². The van der Waals surface area contributed by atoms with Crippen molar-refractivity contribution < 1.29 is 28.3 Å². The van der Waals surface area contributed by atoms with Gasteiger partial charge in [0, 0.05) is 13.6 Å². The highest BCUT2D eigenvalue weighted by atomic mass is 16.5. The maximum atomic E-state index is 12.7. The number of imide groups is 1. The first-order valence-electron chi connectivity index (χ1n) is 10.3. The number of amides is 3. The van der Waals surface area contributed by atoms with Crippen molar-refractivity contribution in [3.05, 3.63) is 94.4 Å². The van der Waals surface area contributed by atoms with E-state index in [1.165, 1.54) is 29.4 Å². The van der Waals surface area contributed by atoms with Gasteiger partial charge in [0.1, 0.15) is 5.76 Å². The van der Waals surface area contributed by atoms with E-state index in [4.69, 9.17) is 9.15 Å². The summed E-state index contributed by atoms with van der Waals surface area (Å²) in [6.07, 6.45) is 1.46. The van der Waals surface area contributed by atoms with Gasteiger partial charge in [0.15, 0.2) is 6.61 Å². The van der Waals surface area contributed by atoms with Crippen molar-refractivity contribution in [1.82, 2.24) is 9.80 Å². The number of aryl methyl sites for hydroxylation is 1. The molecule has 0 spiro atoms. The minimum atomic E-state index is -0.750. The fourth-order valence-corrected chi connectivity index (χ4v) is 3.57. The quantitative estimate of drug-likeness (QED) is 0.408. The number of carbonyl (C=O) groups is 4. The molecule has 33 heavy (non-hydrogen) atoms. The molecule has 0 fully saturated rings. The van der Waals surface area contributed by atoms with Crippen LogP contribution >= 0.6 is 0 Å². The lowest BCUT2D eigenvalue weighted by Crippen LogP contribution is -2.31. The van der Waals surface area contributed by atoms with Crippen LogP contribution in [-0.4, -0.2) is 47.1 Å². The number of carbonyl (C=O) groups excluding carboxylic acids is 4. The van der Waals surface area contributed by atoms with Crippen LogP contribution in [0.1, 0.15) is 48.0 Å². The van der Waals surface area contributed by atoms with Gasteiger partial charge < -0.3 is 14.1 Å². The largest absolute Gasteiger partial charge is 0.467 e. The maximum Gasteiger partial charge on any atom is 0.338 e. The number of ether oxygens (including phenoxy) is 1. The first-order valence-corrected chi connectivity index (χ1v) is 10.3. The molecule has 0 saturated carbocycles. The zero-order chi connectivity index (χ0) is 23.5. The average molecular weight is 446 g/mol. The van der Waals surface area contributed by atoms with E-state index in [-0.39, 0.29) is 29.1 Å². The van der Waals surface area contributed by atoms with E-state index in [1.807, 2.05) is 31.2 Å². The van der Waals surface area contributed by atoms with Crippen molar-refractivity contribution in [2.24, 2.45) is 0 Å². The Kier molecular flexibility index (Phi) is 6.08. The van der Waals surface area contributed by atoms with E-state index >= 15 is 0 Å². The van der Waals surface area contributed by atoms with Gasteiger partial charge in [-0.25, -0.2) is 4.79 Å². The fourth-order valence-electron chi connectivity index (χ4n) is 3.57. The second-order valence-electron chi connectivity index (χ2n) is 7.79. The lowest BCUT2D eigenvalue weighted by Gasteiger charge is -2.18. The number of hydrogen-bond acceptors (Lipinski definition) is 6. The van der Waals surface area contributed by atoms with E-state index in [9.17, 15) is 19.2 Å². The molecule has 0 atom stereocenters. The predicted octanol–water partition coefficient (Wildman–Crippen LogP) is 3.20. The molecule has 8 heteroatoms. The van der Waals surface area contributed by atoms with Gasteiger partial charge in [-0.3, -0.25) is 19.3 Å². The highest BCUT2D eigenvalue weighted by Gasteiger charge is 2.36. The molecule has 1 aliphatic rings. The molecule has 1 aromatic heterocycles. The van der Waals surface area contributed by atoms with Gasteiger partial charge in [-0.05, 0) is 48.4 Å². The zero-order valence-corrected chi connectivity index (χ0v) is 18.2. The first kappa shape index (κ1) is 22.0. The number of fused-ring (bicyclic) bond motifs is 1. The molecule has 8 nitrogen and oxygen atoms in total. The average Bonchev–Trinajstić information content (AvgIpc) is 3.41. The van der Waals surface area contributed by atoms with E-state index in [0.29, 0.717) is 12.3 Å². The van der Waals surface area contributed by atoms with Crippen LogP contribution in [0.5, 0.6) is 0 Å². The highest BCUT2D eigenvalue weighted by molar-refractivity contribution is 6.21. The third-order valence-electron chi connectivity index (χ3n) is 5.52. The maximum absolute atomic E-state index is 12.7. The van der Waals surface area contributed by atoms with Crippen LogP contribution in [-0.2, 0) is 22.6 Å². The summed E-state index contributed by atoms with van der Waals surface area (Å²) in [7, 11) is 1.63. The standard InChI is InChI=1S/C25H22N2O6/c1-16-6-3-4-7-18(16)13-26(2)22(28)15-33-25(31)17-9-10-20-21(12-17)24(30)27(23(20)29)14-19-8-5-11-32-19/h3-12H,13-15H2,1-2H3. The second kappa shape index (κ2) is 9.12. The summed E-state index contributed by atoms with van der Waals surface area (Å²) in [5.74, 6) is -1.62. The van der Waals surface area contributed by atoms with E-state index < -0.39 is 24.4 Å². The minimum Gasteiger partial charge on any atom is -0.467 e. The number of likely N-dealkylation sites (N-methyl/N-ethyl adjacent to an activating group) is 1. The Morgan fingerprint density at radius 1 is 1.00 bits per heavy atom. The first-order chi connectivity index (χ1) is 15.8. The molecule has 1 aliphatic heterocycles. The number of furan rings is 1. The lowest BCUT2D eigenvalue weighted by atomic mass is 10.1. The van der Waals surface area contributed by atoms with E-state index in [2.05, 4.69) is 0 Å². The molecule has 3 amide bonds. The lowest BCUT2D eigenvalue weighted by molar-refractivity contribution is -0.133. The molecule has 0 bridgehead atoms. The predicted molar refractivity (Wildman–Crippen MR) is 117 cm³/mol. The summed E-state index contributed by atoms with van der Waals surface area (Å²) in [4.78, 5) is 52.7. The molecule has 0 aliphatic carbocycles. The molecule has 168 valence electrons. The van der Waals surface area contributed by atoms with Crippen molar-refractivity contribution >= 4 is 23.7 Å². The highest BCUT2D eigenvalue weighted by Crippen LogP contribution is 2.26. The van der Waals surface area contributed by atoms with Crippen molar-refractivity contribution in [3.8, 4) is 0 Å². The summed E-state index contributed by atoms with van der Waals surface area (Å²) >= 11 is 0. The molecular formula is C25H22N2O6. The Balaban J connectivity index is 1.38. The molecule has 3 aromatic rings. The summed E-state index contributed by atoms with van der Waals surface area (Å²) in [6, 6.07) is 15.2. The van der Waals surface area contributed by atoms with Gasteiger partial charge in [-0.2, -0.15) is 0 Å². The second-order valence-corrected chi connectivity index (χ2v) is 7.79. The topological polar surface area (TPSA) is 97.1 Å². The van der Waals surface area contributed by atoms with Crippen LogP contribution in [0.2, 0.25) is 0 Å². The van der Waals surface area contributed by atoms with Crippen LogP contribution < -0.4 is 0 Å². The Bertz CT molecular complexity index is 1230. The molecule has 2 heterocycles. The number of benzene rings is 2. The summed E-state index contributed by atoms with van der Waals surface area (Å²) in [6.45, 7) is 1.92. The molecule has 0 unspecified atom stereocenters. The van der Waals surface area contributed by atoms with Crippen molar-refractivity contribution in [1.29, 1.82) is 0 Å². The van der Waals surface area contributed by atoms with Crippen molar-refractivity contribution in [2.75, 3.05) is 13.7 Å². The number of hydrogen-bond donors (Lipinski definition) is 0. The van der Waals surface area contributed by atoms with Crippen LogP contribution in [0.4, 0.5) is 0 Å². The molecular weight excluding hydrogens is 424 g/mol. The summed E-state index contributed by atoms with van der Waals surface area (Å²) in [5, 5.41) is 0. The number of rotatable bonds is 7.